The summed E-state index contributed by atoms with van der Waals surface area (Å²) >= 11 is 1.21. The quantitative estimate of drug-likeness (QED) is 0.839. The van der Waals surface area contributed by atoms with Crippen molar-refractivity contribution < 1.29 is 4.79 Å². The molecule has 0 bridgehead atoms. The van der Waals surface area contributed by atoms with Crippen LogP contribution < -0.4 is 4.87 Å². The number of thiazole rings is 1. The summed E-state index contributed by atoms with van der Waals surface area (Å²) in [5.41, 5.74) is 0.954. The summed E-state index contributed by atoms with van der Waals surface area (Å²) in [7, 11) is 0. The highest BCUT2D eigenvalue weighted by Gasteiger charge is 2.29. The Hall–Kier alpha value is -1.10. The molecule has 0 spiro atoms. The van der Waals surface area contributed by atoms with Crippen LogP contribution in [0.2, 0.25) is 0 Å². The average Bonchev–Trinajstić information content (AvgIpc) is 2.82. The number of nitrogens with zero attached hydrogens (tertiary/aromatic N) is 2. The average molecular weight is 310 g/mol. The van der Waals surface area contributed by atoms with Crippen LogP contribution in [-0.4, -0.2) is 28.0 Å². The number of amides is 1. The zero-order valence-corrected chi connectivity index (χ0v) is 14.1. The second-order valence-corrected chi connectivity index (χ2v) is 6.90. The fourth-order valence-corrected chi connectivity index (χ4v) is 3.92. The molecule has 1 aromatic rings. The summed E-state index contributed by atoms with van der Waals surface area (Å²) in [5, 5.41) is 1.86. The zero-order chi connectivity index (χ0) is 15.4. The van der Waals surface area contributed by atoms with Gasteiger partial charge in [0, 0.05) is 36.6 Å². The van der Waals surface area contributed by atoms with E-state index in [2.05, 4.69) is 18.7 Å². The van der Waals surface area contributed by atoms with Crippen LogP contribution in [0, 0.1) is 12.8 Å². The molecule has 1 saturated heterocycles. The molecule has 1 amide bonds. The van der Waals surface area contributed by atoms with Crippen LogP contribution in [0.25, 0.3) is 0 Å². The fraction of sp³-hybridized carbons (Fsp3) is 0.750. The van der Waals surface area contributed by atoms with Crippen molar-refractivity contribution in [2.24, 2.45) is 5.92 Å². The third kappa shape index (κ3) is 3.76. The number of carbonyl (C=O) groups excluding carboxylic acids is 1. The highest BCUT2D eigenvalue weighted by atomic mass is 32.1. The number of aromatic nitrogens is 1. The summed E-state index contributed by atoms with van der Waals surface area (Å²) < 4.78 is 1.71. The van der Waals surface area contributed by atoms with Crippen LogP contribution in [0.4, 0.5) is 0 Å². The van der Waals surface area contributed by atoms with Gasteiger partial charge in [0.15, 0.2) is 0 Å². The van der Waals surface area contributed by atoms with Gasteiger partial charge in [-0.15, -0.1) is 0 Å². The number of aryl methyl sites for hydroxylation is 1. The van der Waals surface area contributed by atoms with Crippen LogP contribution in [0.1, 0.15) is 51.6 Å². The highest BCUT2D eigenvalue weighted by molar-refractivity contribution is 7.07. The van der Waals surface area contributed by atoms with Gasteiger partial charge in [-0.1, -0.05) is 31.6 Å². The molecule has 5 heteroatoms. The Balaban J connectivity index is 1.99. The van der Waals surface area contributed by atoms with Crippen molar-refractivity contribution in [3.05, 3.63) is 20.7 Å². The second kappa shape index (κ2) is 7.25. The molecule has 1 aromatic heterocycles. The molecule has 0 saturated carbocycles. The first kappa shape index (κ1) is 16.3. The van der Waals surface area contributed by atoms with Gasteiger partial charge in [0.25, 0.3) is 0 Å². The molecule has 2 atom stereocenters. The van der Waals surface area contributed by atoms with Gasteiger partial charge in [0.05, 0.1) is 0 Å². The third-order valence-electron chi connectivity index (χ3n) is 4.70. The number of carbonyl (C=O) groups is 1. The Bertz CT molecular complexity index is 535. The Labute approximate surface area is 130 Å². The topological polar surface area (TPSA) is 42.3 Å². The Kier molecular flexibility index (Phi) is 5.62. The van der Waals surface area contributed by atoms with E-state index in [4.69, 9.17) is 0 Å². The molecular weight excluding hydrogens is 284 g/mol. The van der Waals surface area contributed by atoms with Crippen molar-refractivity contribution in [1.29, 1.82) is 0 Å². The minimum Gasteiger partial charge on any atom is -0.339 e. The summed E-state index contributed by atoms with van der Waals surface area (Å²) in [6.45, 7) is 7.74. The lowest BCUT2D eigenvalue weighted by Gasteiger charge is -2.39. The number of rotatable bonds is 5. The molecule has 0 aromatic carbocycles. The summed E-state index contributed by atoms with van der Waals surface area (Å²) in [5.74, 6) is 0.761. The van der Waals surface area contributed by atoms with E-state index in [-0.39, 0.29) is 10.8 Å². The molecule has 1 aliphatic heterocycles. The lowest BCUT2D eigenvalue weighted by molar-refractivity contribution is -0.136. The predicted molar refractivity (Wildman–Crippen MR) is 86.7 cm³/mol. The van der Waals surface area contributed by atoms with Gasteiger partial charge in [0.2, 0.25) is 5.91 Å². The maximum Gasteiger partial charge on any atom is 0.307 e. The van der Waals surface area contributed by atoms with Gasteiger partial charge in [-0.25, -0.2) is 0 Å². The normalized spacial score (nSPS) is 20.5. The Morgan fingerprint density at radius 3 is 2.86 bits per heavy atom. The number of piperidine rings is 1. The lowest BCUT2D eigenvalue weighted by Crippen LogP contribution is -2.47. The third-order valence-corrected chi connectivity index (χ3v) is 5.58. The van der Waals surface area contributed by atoms with Crippen molar-refractivity contribution in [1.82, 2.24) is 9.47 Å². The zero-order valence-electron chi connectivity index (χ0n) is 13.3. The van der Waals surface area contributed by atoms with E-state index < -0.39 is 0 Å². The van der Waals surface area contributed by atoms with Gasteiger partial charge >= 0.3 is 4.87 Å². The Morgan fingerprint density at radius 1 is 1.48 bits per heavy atom. The molecule has 2 heterocycles. The van der Waals surface area contributed by atoms with Gasteiger partial charge < -0.3 is 9.47 Å². The second-order valence-electron chi connectivity index (χ2n) is 6.08. The van der Waals surface area contributed by atoms with E-state index in [9.17, 15) is 9.59 Å². The first-order chi connectivity index (χ1) is 10.0. The summed E-state index contributed by atoms with van der Waals surface area (Å²) in [6, 6.07) is 0.386. The van der Waals surface area contributed by atoms with E-state index in [1.165, 1.54) is 17.8 Å². The molecular formula is C16H26N2O2S. The van der Waals surface area contributed by atoms with E-state index in [0.29, 0.717) is 24.9 Å². The van der Waals surface area contributed by atoms with Crippen LogP contribution in [0.3, 0.4) is 0 Å². The van der Waals surface area contributed by atoms with Gasteiger partial charge in [-0.2, -0.15) is 0 Å². The maximum atomic E-state index is 12.6. The van der Waals surface area contributed by atoms with Gasteiger partial charge in [-0.05, 0) is 32.1 Å². The SMILES string of the molecule is CC[C@@H](C)[C@H]1CCCCN1C(=O)CCn1c(C)csc1=O. The monoisotopic (exact) mass is 310 g/mol. The van der Waals surface area contributed by atoms with E-state index in [0.717, 1.165) is 31.5 Å². The molecule has 1 aliphatic rings. The smallest absolute Gasteiger partial charge is 0.307 e. The van der Waals surface area contributed by atoms with Crippen LogP contribution >= 0.6 is 11.3 Å². The van der Waals surface area contributed by atoms with Crippen molar-refractivity contribution in [3.63, 3.8) is 0 Å². The van der Waals surface area contributed by atoms with Crippen molar-refractivity contribution in [3.8, 4) is 0 Å². The largest absolute Gasteiger partial charge is 0.339 e. The molecule has 0 radical (unpaired) electrons. The molecule has 4 nitrogen and oxygen atoms in total. The van der Waals surface area contributed by atoms with Crippen LogP contribution in [-0.2, 0) is 11.3 Å². The van der Waals surface area contributed by atoms with E-state index in [1.54, 1.807) is 4.57 Å². The van der Waals surface area contributed by atoms with E-state index >= 15 is 0 Å². The summed E-state index contributed by atoms with van der Waals surface area (Å²) in [4.78, 5) is 26.4. The van der Waals surface area contributed by atoms with Gasteiger partial charge in [-0.3, -0.25) is 9.59 Å². The van der Waals surface area contributed by atoms with E-state index in [1.807, 2.05) is 12.3 Å². The molecule has 1 fully saturated rings. The maximum absolute atomic E-state index is 12.6. The first-order valence-electron chi connectivity index (χ1n) is 7.99. The van der Waals surface area contributed by atoms with Crippen LogP contribution in [0.5, 0.6) is 0 Å². The number of likely N-dealkylation sites (tertiary alicyclic amines) is 1. The minimum atomic E-state index is 0.0393. The number of hydrogen-bond donors (Lipinski definition) is 0. The standard InChI is InChI=1S/C16H26N2O2S/c1-4-12(2)14-7-5-6-9-18(14)15(19)8-10-17-13(3)11-21-16(17)20/h11-12,14H,4-10H2,1-3H3/t12-,14-/m1/s1. The molecule has 2 rings (SSSR count). The van der Waals surface area contributed by atoms with Gasteiger partial charge in [0.1, 0.15) is 0 Å². The first-order valence-corrected chi connectivity index (χ1v) is 8.87. The molecule has 0 unspecified atom stereocenters. The minimum absolute atomic E-state index is 0.0393. The Morgan fingerprint density at radius 2 is 2.24 bits per heavy atom. The summed E-state index contributed by atoms with van der Waals surface area (Å²) in [6.07, 6.45) is 5.00. The van der Waals surface area contributed by atoms with Crippen molar-refractivity contribution >= 4 is 17.2 Å². The van der Waals surface area contributed by atoms with Crippen LogP contribution in [0.15, 0.2) is 10.2 Å². The molecule has 0 N–H and O–H groups in total. The number of hydrogen-bond acceptors (Lipinski definition) is 3. The highest BCUT2D eigenvalue weighted by Crippen LogP contribution is 2.25. The predicted octanol–water partition coefficient (Wildman–Crippen LogP) is 3.04. The molecule has 0 aliphatic carbocycles. The molecule has 118 valence electrons. The molecule has 21 heavy (non-hydrogen) atoms. The lowest BCUT2D eigenvalue weighted by atomic mass is 9.89. The van der Waals surface area contributed by atoms with Crippen molar-refractivity contribution in [2.75, 3.05) is 6.54 Å². The van der Waals surface area contributed by atoms with Crippen molar-refractivity contribution in [2.45, 2.75) is 65.5 Å². The fourth-order valence-electron chi connectivity index (χ4n) is 3.16.